The van der Waals surface area contributed by atoms with Crippen LogP contribution in [0.2, 0.25) is 0 Å². The fraction of sp³-hybridized carbons (Fsp3) is 0.588. The standard InChI is InChI=1S/C17H26N2O2/c18-16(11-8-13-4-2-1-3-5-13)17(21)19-12-14-6-9-15(20)10-7-14/h1-5,14-16,20H,6-12,18H2,(H,19,21). The van der Waals surface area contributed by atoms with E-state index >= 15 is 0 Å². The number of carbonyl (C=O) groups excluding carboxylic acids is 1. The summed E-state index contributed by atoms with van der Waals surface area (Å²) >= 11 is 0. The van der Waals surface area contributed by atoms with E-state index in [1.54, 1.807) is 0 Å². The molecule has 4 heteroatoms. The third kappa shape index (κ3) is 5.48. The molecule has 116 valence electrons. The minimum Gasteiger partial charge on any atom is -0.393 e. The fourth-order valence-corrected chi connectivity index (χ4v) is 2.82. The highest BCUT2D eigenvalue weighted by molar-refractivity contribution is 5.81. The van der Waals surface area contributed by atoms with E-state index in [2.05, 4.69) is 17.4 Å². The van der Waals surface area contributed by atoms with Gasteiger partial charge < -0.3 is 16.2 Å². The monoisotopic (exact) mass is 290 g/mol. The molecular weight excluding hydrogens is 264 g/mol. The van der Waals surface area contributed by atoms with Crippen molar-refractivity contribution >= 4 is 5.91 Å². The first-order chi connectivity index (χ1) is 10.1. The van der Waals surface area contributed by atoms with Crippen LogP contribution in [0.15, 0.2) is 30.3 Å². The van der Waals surface area contributed by atoms with Gasteiger partial charge in [-0.25, -0.2) is 0 Å². The van der Waals surface area contributed by atoms with Gasteiger partial charge >= 0.3 is 0 Å². The summed E-state index contributed by atoms with van der Waals surface area (Å²) in [7, 11) is 0. The van der Waals surface area contributed by atoms with Gasteiger partial charge in [-0.2, -0.15) is 0 Å². The molecule has 0 aliphatic heterocycles. The number of amides is 1. The van der Waals surface area contributed by atoms with E-state index < -0.39 is 6.04 Å². The van der Waals surface area contributed by atoms with Crippen molar-refractivity contribution in [2.45, 2.75) is 50.7 Å². The van der Waals surface area contributed by atoms with Gasteiger partial charge in [0, 0.05) is 6.54 Å². The lowest BCUT2D eigenvalue weighted by atomic mass is 9.87. The third-order valence-electron chi connectivity index (χ3n) is 4.30. The van der Waals surface area contributed by atoms with Gasteiger partial charge in [0.05, 0.1) is 12.1 Å². The zero-order valence-corrected chi connectivity index (χ0v) is 12.5. The van der Waals surface area contributed by atoms with Crippen LogP contribution in [-0.2, 0) is 11.2 Å². The van der Waals surface area contributed by atoms with Gasteiger partial charge in [-0.05, 0) is 50.0 Å². The first-order valence-corrected chi connectivity index (χ1v) is 7.90. The minimum absolute atomic E-state index is 0.0583. The van der Waals surface area contributed by atoms with Crippen LogP contribution in [0.1, 0.15) is 37.7 Å². The van der Waals surface area contributed by atoms with Crippen LogP contribution >= 0.6 is 0 Å². The average Bonchev–Trinajstić information content (AvgIpc) is 2.52. The highest BCUT2D eigenvalue weighted by Gasteiger charge is 2.21. The van der Waals surface area contributed by atoms with E-state index in [0.29, 0.717) is 18.9 Å². The highest BCUT2D eigenvalue weighted by atomic mass is 16.3. The number of aryl methyl sites for hydroxylation is 1. The van der Waals surface area contributed by atoms with Crippen LogP contribution in [0.3, 0.4) is 0 Å². The Labute approximate surface area is 126 Å². The highest BCUT2D eigenvalue weighted by Crippen LogP contribution is 2.23. The molecule has 0 heterocycles. The van der Waals surface area contributed by atoms with Crippen molar-refractivity contribution in [3.63, 3.8) is 0 Å². The summed E-state index contributed by atoms with van der Waals surface area (Å²) in [6.45, 7) is 0.685. The van der Waals surface area contributed by atoms with Crippen LogP contribution in [-0.4, -0.2) is 29.7 Å². The number of nitrogens with one attached hydrogen (secondary N) is 1. The van der Waals surface area contributed by atoms with E-state index in [-0.39, 0.29) is 12.0 Å². The molecule has 1 aromatic carbocycles. The van der Waals surface area contributed by atoms with E-state index in [4.69, 9.17) is 5.73 Å². The van der Waals surface area contributed by atoms with Gasteiger partial charge in [-0.1, -0.05) is 30.3 Å². The van der Waals surface area contributed by atoms with Crippen LogP contribution in [0.5, 0.6) is 0 Å². The molecule has 1 aromatic rings. The van der Waals surface area contributed by atoms with Crippen molar-refractivity contribution in [2.75, 3.05) is 6.54 Å². The molecule has 0 bridgehead atoms. The number of rotatable bonds is 6. The van der Waals surface area contributed by atoms with Crippen LogP contribution in [0.4, 0.5) is 0 Å². The van der Waals surface area contributed by atoms with Crippen molar-refractivity contribution in [2.24, 2.45) is 11.7 Å². The Morgan fingerprint density at radius 2 is 1.90 bits per heavy atom. The van der Waals surface area contributed by atoms with Gasteiger partial charge in [-0.15, -0.1) is 0 Å². The Hall–Kier alpha value is -1.39. The lowest BCUT2D eigenvalue weighted by Crippen LogP contribution is -2.43. The maximum absolute atomic E-state index is 12.0. The van der Waals surface area contributed by atoms with Crippen LogP contribution in [0, 0.1) is 5.92 Å². The van der Waals surface area contributed by atoms with Crippen LogP contribution in [0.25, 0.3) is 0 Å². The molecule has 4 N–H and O–H groups in total. The molecule has 1 fully saturated rings. The van der Waals surface area contributed by atoms with Crippen molar-refractivity contribution in [3.05, 3.63) is 35.9 Å². The Morgan fingerprint density at radius 3 is 2.57 bits per heavy atom. The SMILES string of the molecule is NC(CCc1ccccc1)C(=O)NCC1CCC(O)CC1. The van der Waals surface area contributed by atoms with Crippen molar-refractivity contribution in [1.29, 1.82) is 0 Å². The Kier molecular flexibility index (Phi) is 6.21. The number of hydrogen-bond acceptors (Lipinski definition) is 3. The summed E-state index contributed by atoms with van der Waals surface area (Å²) in [5.74, 6) is 0.427. The summed E-state index contributed by atoms with van der Waals surface area (Å²) in [5.41, 5.74) is 7.16. The van der Waals surface area contributed by atoms with Crippen LogP contribution < -0.4 is 11.1 Å². The summed E-state index contributed by atoms with van der Waals surface area (Å²) < 4.78 is 0. The lowest BCUT2D eigenvalue weighted by molar-refractivity contribution is -0.122. The Morgan fingerprint density at radius 1 is 1.24 bits per heavy atom. The molecule has 1 unspecified atom stereocenters. The van der Waals surface area contributed by atoms with Gasteiger partial charge in [0.15, 0.2) is 0 Å². The molecular formula is C17H26N2O2. The largest absolute Gasteiger partial charge is 0.393 e. The number of nitrogens with two attached hydrogens (primary N) is 1. The molecule has 21 heavy (non-hydrogen) atoms. The van der Waals surface area contributed by atoms with Crippen molar-refractivity contribution in [3.8, 4) is 0 Å². The van der Waals surface area contributed by atoms with Gasteiger partial charge in [0.1, 0.15) is 0 Å². The second-order valence-electron chi connectivity index (χ2n) is 6.05. The van der Waals surface area contributed by atoms with Crippen molar-refractivity contribution < 1.29 is 9.90 Å². The molecule has 0 radical (unpaired) electrons. The number of hydrogen-bond donors (Lipinski definition) is 3. The summed E-state index contributed by atoms with van der Waals surface area (Å²) in [4.78, 5) is 12.0. The Balaban J connectivity index is 1.65. The molecule has 0 aromatic heterocycles. The maximum Gasteiger partial charge on any atom is 0.236 e. The molecule has 1 aliphatic carbocycles. The maximum atomic E-state index is 12.0. The molecule has 1 atom stereocenters. The van der Waals surface area contributed by atoms with E-state index in [1.165, 1.54) is 5.56 Å². The zero-order valence-electron chi connectivity index (χ0n) is 12.5. The molecule has 4 nitrogen and oxygen atoms in total. The predicted molar refractivity (Wildman–Crippen MR) is 83.7 cm³/mol. The van der Waals surface area contributed by atoms with Gasteiger partial charge in [0.2, 0.25) is 5.91 Å². The number of carbonyl (C=O) groups is 1. The lowest BCUT2D eigenvalue weighted by Gasteiger charge is -2.25. The third-order valence-corrected chi connectivity index (χ3v) is 4.30. The number of aliphatic hydroxyl groups excluding tert-OH is 1. The second kappa shape index (κ2) is 8.15. The average molecular weight is 290 g/mol. The molecule has 1 aliphatic rings. The predicted octanol–water partition coefficient (Wildman–Crippen LogP) is 1.61. The van der Waals surface area contributed by atoms with Gasteiger partial charge in [-0.3, -0.25) is 4.79 Å². The number of benzene rings is 1. The van der Waals surface area contributed by atoms with Crippen molar-refractivity contribution in [1.82, 2.24) is 5.32 Å². The normalized spacial score (nSPS) is 23.5. The molecule has 1 amide bonds. The molecule has 2 rings (SSSR count). The molecule has 1 saturated carbocycles. The quantitative estimate of drug-likeness (QED) is 0.745. The smallest absolute Gasteiger partial charge is 0.236 e. The van der Waals surface area contributed by atoms with E-state index in [1.807, 2.05) is 18.2 Å². The molecule has 0 spiro atoms. The minimum atomic E-state index is -0.445. The summed E-state index contributed by atoms with van der Waals surface area (Å²) in [5, 5.41) is 12.4. The van der Waals surface area contributed by atoms with Gasteiger partial charge in [0.25, 0.3) is 0 Å². The number of aliphatic hydroxyl groups is 1. The first kappa shape index (κ1) is 16.0. The zero-order chi connectivity index (χ0) is 15.1. The van der Waals surface area contributed by atoms with E-state index in [9.17, 15) is 9.90 Å². The van der Waals surface area contributed by atoms with E-state index in [0.717, 1.165) is 32.1 Å². The second-order valence-corrected chi connectivity index (χ2v) is 6.05. The Bertz CT molecular complexity index is 428. The summed E-state index contributed by atoms with van der Waals surface area (Å²) in [6, 6.07) is 9.64. The molecule has 0 saturated heterocycles. The fourth-order valence-electron chi connectivity index (χ4n) is 2.82. The first-order valence-electron chi connectivity index (χ1n) is 7.90. The topological polar surface area (TPSA) is 75.4 Å². The summed E-state index contributed by atoms with van der Waals surface area (Å²) in [6.07, 6.45) is 5.01.